The molecule has 0 saturated heterocycles. The molecule has 0 aromatic heterocycles. The topological polar surface area (TPSA) is 111 Å². The largest absolute Gasteiger partial charge is 0.379 e. The summed E-state index contributed by atoms with van der Waals surface area (Å²) >= 11 is 0. The third-order valence-corrected chi connectivity index (χ3v) is 5.47. The van der Waals surface area contributed by atoms with Crippen LogP contribution < -0.4 is 0 Å². The van der Waals surface area contributed by atoms with Crippen LogP contribution >= 0.6 is 0 Å². The summed E-state index contributed by atoms with van der Waals surface area (Å²) in [6.45, 7) is 19.1. The first-order valence-electron chi connectivity index (χ1n) is 16.0. The van der Waals surface area contributed by atoms with E-state index in [1.54, 1.807) is 6.08 Å². The molecule has 0 radical (unpaired) electrons. The molecular formula is C31H62O12. The van der Waals surface area contributed by atoms with E-state index in [0.29, 0.717) is 152 Å². The van der Waals surface area contributed by atoms with E-state index in [0.717, 1.165) is 13.0 Å². The molecular weight excluding hydrogens is 564 g/mol. The maximum atomic E-state index is 5.52. The molecule has 0 aliphatic heterocycles. The van der Waals surface area contributed by atoms with Gasteiger partial charge in [0, 0.05) is 6.61 Å². The second-order valence-corrected chi connectivity index (χ2v) is 9.16. The van der Waals surface area contributed by atoms with Gasteiger partial charge in [-0.1, -0.05) is 32.3 Å². The molecule has 12 heteroatoms. The summed E-state index contributed by atoms with van der Waals surface area (Å²) in [5.74, 6) is 0. The van der Waals surface area contributed by atoms with Crippen LogP contribution in [0.1, 0.15) is 32.6 Å². The molecule has 12 nitrogen and oxygen atoms in total. The Morgan fingerprint density at radius 1 is 0.302 bits per heavy atom. The lowest BCUT2D eigenvalue weighted by Crippen LogP contribution is -2.15. The molecule has 0 aromatic rings. The first kappa shape index (κ1) is 42.3. The molecule has 0 N–H and O–H groups in total. The van der Waals surface area contributed by atoms with Crippen LogP contribution in [0.3, 0.4) is 0 Å². The van der Waals surface area contributed by atoms with Gasteiger partial charge in [0.05, 0.1) is 152 Å². The molecule has 0 atom stereocenters. The van der Waals surface area contributed by atoms with Gasteiger partial charge < -0.3 is 56.8 Å². The first-order chi connectivity index (χ1) is 21.4. The highest BCUT2D eigenvalue weighted by Crippen LogP contribution is 1.98. The van der Waals surface area contributed by atoms with Gasteiger partial charge in [0.25, 0.3) is 0 Å². The van der Waals surface area contributed by atoms with Gasteiger partial charge in [-0.2, -0.15) is 0 Å². The Hall–Kier alpha value is -0.740. The summed E-state index contributed by atoms with van der Waals surface area (Å²) < 4.78 is 65.3. The molecule has 0 amide bonds. The quantitative estimate of drug-likeness (QED) is 0.0737. The zero-order valence-electron chi connectivity index (χ0n) is 27.0. The maximum Gasteiger partial charge on any atom is 0.0704 e. The lowest BCUT2D eigenvalue weighted by molar-refractivity contribution is -0.0282. The van der Waals surface area contributed by atoms with E-state index in [-0.39, 0.29) is 0 Å². The van der Waals surface area contributed by atoms with Gasteiger partial charge in [0.15, 0.2) is 0 Å². The van der Waals surface area contributed by atoms with Gasteiger partial charge in [0.1, 0.15) is 0 Å². The van der Waals surface area contributed by atoms with Crippen LogP contribution in [0.5, 0.6) is 0 Å². The molecule has 0 spiro atoms. The monoisotopic (exact) mass is 626 g/mol. The lowest BCUT2D eigenvalue weighted by atomic mass is 10.2. The average Bonchev–Trinajstić information content (AvgIpc) is 3.02. The van der Waals surface area contributed by atoms with Crippen molar-refractivity contribution >= 4 is 0 Å². The van der Waals surface area contributed by atoms with Crippen molar-refractivity contribution in [3.05, 3.63) is 12.7 Å². The Kier molecular flexibility index (Phi) is 40.5. The molecule has 0 rings (SSSR count). The van der Waals surface area contributed by atoms with E-state index >= 15 is 0 Å². The third kappa shape index (κ3) is 41.3. The van der Waals surface area contributed by atoms with Crippen LogP contribution in [0.15, 0.2) is 12.7 Å². The van der Waals surface area contributed by atoms with Crippen LogP contribution in [0.4, 0.5) is 0 Å². The van der Waals surface area contributed by atoms with Crippen molar-refractivity contribution in [2.24, 2.45) is 0 Å². The molecule has 0 saturated carbocycles. The van der Waals surface area contributed by atoms with Gasteiger partial charge in [-0.3, -0.25) is 0 Å². The van der Waals surface area contributed by atoms with Crippen LogP contribution in [-0.4, -0.2) is 159 Å². The van der Waals surface area contributed by atoms with Crippen LogP contribution in [0.25, 0.3) is 0 Å². The summed E-state index contributed by atoms with van der Waals surface area (Å²) in [5, 5.41) is 0. The summed E-state index contributed by atoms with van der Waals surface area (Å²) in [6, 6.07) is 0. The fourth-order valence-electron chi connectivity index (χ4n) is 3.22. The second-order valence-electron chi connectivity index (χ2n) is 9.16. The van der Waals surface area contributed by atoms with E-state index in [2.05, 4.69) is 13.5 Å². The normalized spacial score (nSPS) is 11.5. The summed E-state index contributed by atoms with van der Waals surface area (Å²) in [5.41, 5.74) is 0. The smallest absolute Gasteiger partial charge is 0.0704 e. The number of hydrogen-bond donors (Lipinski definition) is 0. The predicted molar refractivity (Wildman–Crippen MR) is 164 cm³/mol. The SMILES string of the molecule is C=CCOCCOCCOCCOCCOCCOCCOCCOCCOCCOCCOCCOCCCCCC. The van der Waals surface area contributed by atoms with E-state index in [9.17, 15) is 0 Å². The molecule has 0 bridgehead atoms. The Morgan fingerprint density at radius 2 is 0.535 bits per heavy atom. The van der Waals surface area contributed by atoms with E-state index in [1.807, 2.05) is 0 Å². The van der Waals surface area contributed by atoms with Crippen molar-refractivity contribution in [3.8, 4) is 0 Å². The molecule has 0 aliphatic carbocycles. The minimum Gasteiger partial charge on any atom is -0.379 e. The van der Waals surface area contributed by atoms with E-state index < -0.39 is 0 Å². The highest BCUT2D eigenvalue weighted by Gasteiger charge is 1.96. The molecule has 43 heavy (non-hydrogen) atoms. The maximum absolute atomic E-state index is 5.52. The zero-order chi connectivity index (χ0) is 31.0. The molecule has 0 aliphatic rings. The predicted octanol–water partition coefficient (Wildman–Crippen LogP) is 2.95. The highest BCUT2D eigenvalue weighted by atomic mass is 16.6. The summed E-state index contributed by atoms with van der Waals surface area (Å²) in [7, 11) is 0. The van der Waals surface area contributed by atoms with Crippen molar-refractivity contribution in [1.29, 1.82) is 0 Å². The van der Waals surface area contributed by atoms with E-state index in [4.69, 9.17) is 56.8 Å². The van der Waals surface area contributed by atoms with Crippen molar-refractivity contribution in [2.45, 2.75) is 32.6 Å². The Labute approximate surface area is 260 Å². The molecule has 258 valence electrons. The molecule has 0 aromatic carbocycles. The van der Waals surface area contributed by atoms with Crippen molar-refractivity contribution in [1.82, 2.24) is 0 Å². The Balaban J connectivity index is 3.03. The number of hydrogen-bond acceptors (Lipinski definition) is 12. The van der Waals surface area contributed by atoms with Crippen molar-refractivity contribution in [3.63, 3.8) is 0 Å². The highest BCUT2D eigenvalue weighted by molar-refractivity contribution is 4.63. The zero-order valence-corrected chi connectivity index (χ0v) is 27.0. The van der Waals surface area contributed by atoms with Gasteiger partial charge >= 0.3 is 0 Å². The standard InChI is InChI=1S/C31H62O12/c1-3-5-6-7-9-33-11-13-35-15-17-37-19-21-39-23-25-41-27-29-43-31-30-42-28-26-40-24-22-38-20-18-36-16-14-34-12-10-32-8-4-2/h4H,2-3,5-31H2,1H3. The Morgan fingerprint density at radius 3 is 0.767 bits per heavy atom. The number of rotatable bonds is 40. The van der Waals surface area contributed by atoms with Crippen molar-refractivity contribution < 1.29 is 56.8 Å². The number of ether oxygens (including phenoxy) is 12. The first-order valence-corrected chi connectivity index (χ1v) is 16.0. The minimum atomic E-state index is 0.518. The minimum absolute atomic E-state index is 0.518. The van der Waals surface area contributed by atoms with Gasteiger partial charge in [-0.25, -0.2) is 0 Å². The second kappa shape index (κ2) is 41.3. The van der Waals surface area contributed by atoms with Crippen LogP contribution in [-0.2, 0) is 56.8 Å². The summed E-state index contributed by atoms with van der Waals surface area (Å²) in [6.07, 6.45) is 6.61. The van der Waals surface area contributed by atoms with Gasteiger partial charge in [0.2, 0.25) is 0 Å². The Bertz CT molecular complexity index is 501. The third-order valence-electron chi connectivity index (χ3n) is 5.47. The van der Waals surface area contributed by atoms with Crippen LogP contribution in [0.2, 0.25) is 0 Å². The van der Waals surface area contributed by atoms with E-state index in [1.165, 1.54) is 19.3 Å². The summed E-state index contributed by atoms with van der Waals surface area (Å²) in [4.78, 5) is 0. The molecule has 0 fully saturated rings. The van der Waals surface area contributed by atoms with Gasteiger partial charge in [-0.15, -0.1) is 6.58 Å². The van der Waals surface area contributed by atoms with Gasteiger partial charge in [-0.05, 0) is 6.42 Å². The molecule has 0 heterocycles. The lowest BCUT2D eigenvalue weighted by Gasteiger charge is -2.09. The number of unbranched alkanes of at least 4 members (excludes halogenated alkanes) is 3. The fourth-order valence-corrected chi connectivity index (χ4v) is 3.22. The fraction of sp³-hybridized carbons (Fsp3) is 0.935. The average molecular weight is 627 g/mol. The molecule has 0 unspecified atom stereocenters. The van der Waals surface area contributed by atoms with Crippen molar-refractivity contribution in [2.75, 3.05) is 159 Å². The van der Waals surface area contributed by atoms with Crippen LogP contribution in [0, 0.1) is 0 Å².